The van der Waals surface area contributed by atoms with Gasteiger partial charge in [-0.1, -0.05) is 11.3 Å². The average molecular weight is 209 g/mol. The average Bonchev–Trinajstić information content (AvgIpc) is 2.85. The third kappa shape index (κ3) is 1.39. The van der Waals surface area contributed by atoms with E-state index in [0.717, 1.165) is 6.29 Å². The van der Waals surface area contributed by atoms with Gasteiger partial charge in [-0.05, 0) is 6.07 Å². The maximum absolute atomic E-state index is 10.7. The predicted molar refractivity (Wildman–Crippen MR) is 51.2 cm³/mol. The van der Waals surface area contributed by atoms with E-state index in [1.807, 2.05) is 0 Å². The van der Waals surface area contributed by atoms with E-state index in [4.69, 9.17) is 4.74 Å². The molecule has 0 amide bonds. The summed E-state index contributed by atoms with van der Waals surface area (Å²) in [5.41, 5.74) is 0. The summed E-state index contributed by atoms with van der Waals surface area (Å²) < 4.78 is 6.47. The Morgan fingerprint density at radius 1 is 1.64 bits per heavy atom. The van der Waals surface area contributed by atoms with Gasteiger partial charge in [0.05, 0.1) is 7.11 Å². The van der Waals surface area contributed by atoms with E-state index >= 15 is 0 Å². The first-order valence-electron chi connectivity index (χ1n) is 3.85. The van der Waals surface area contributed by atoms with Gasteiger partial charge in [-0.25, -0.2) is 4.68 Å². The summed E-state index contributed by atoms with van der Waals surface area (Å²) >= 11 is 1.20. The predicted octanol–water partition coefficient (Wildman–Crippen LogP) is 1.15. The number of aromatic nitrogens is 3. The quantitative estimate of drug-likeness (QED) is 0.711. The monoisotopic (exact) mass is 209 g/mol. The number of hydrogen-bond donors (Lipinski definition) is 0. The van der Waals surface area contributed by atoms with Crippen molar-refractivity contribution in [2.24, 2.45) is 0 Å². The molecule has 0 aliphatic carbocycles. The zero-order chi connectivity index (χ0) is 9.97. The van der Waals surface area contributed by atoms with Gasteiger partial charge in [0.1, 0.15) is 4.88 Å². The van der Waals surface area contributed by atoms with Crippen LogP contribution in [0.2, 0.25) is 0 Å². The molecular weight excluding hydrogens is 202 g/mol. The van der Waals surface area contributed by atoms with Gasteiger partial charge >= 0.3 is 0 Å². The maximum Gasteiger partial charge on any atom is 0.275 e. The molecule has 0 aliphatic heterocycles. The van der Waals surface area contributed by atoms with Crippen LogP contribution in [-0.2, 0) is 0 Å². The van der Waals surface area contributed by atoms with Crippen LogP contribution in [-0.4, -0.2) is 28.2 Å². The molecule has 5 nitrogen and oxygen atoms in total. The van der Waals surface area contributed by atoms with Crippen molar-refractivity contribution in [3.05, 3.63) is 23.3 Å². The second-order valence-electron chi connectivity index (χ2n) is 2.44. The number of ether oxygens (including phenoxy) is 1. The van der Waals surface area contributed by atoms with Crippen LogP contribution in [0.15, 0.2) is 18.5 Å². The molecule has 0 fully saturated rings. The van der Waals surface area contributed by atoms with E-state index in [0.29, 0.717) is 15.9 Å². The number of thiazole rings is 1. The van der Waals surface area contributed by atoms with Crippen LogP contribution in [0.25, 0.3) is 5.82 Å². The van der Waals surface area contributed by atoms with Crippen LogP contribution in [0, 0.1) is 0 Å². The topological polar surface area (TPSA) is 57.0 Å². The van der Waals surface area contributed by atoms with Gasteiger partial charge in [0.25, 0.3) is 5.19 Å². The van der Waals surface area contributed by atoms with E-state index in [1.54, 1.807) is 18.5 Å². The Labute approximate surface area is 84.0 Å². The fourth-order valence-corrected chi connectivity index (χ4v) is 1.71. The first-order chi connectivity index (χ1) is 6.85. The van der Waals surface area contributed by atoms with Crippen LogP contribution < -0.4 is 4.74 Å². The zero-order valence-corrected chi connectivity index (χ0v) is 8.19. The van der Waals surface area contributed by atoms with Crippen LogP contribution in [0.4, 0.5) is 0 Å². The summed E-state index contributed by atoms with van der Waals surface area (Å²) in [4.78, 5) is 15.3. The van der Waals surface area contributed by atoms with Crippen molar-refractivity contribution in [1.82, 2.24) is 14.8 Å². The van der Waals surface area contributed by atoms with Gasteiger partial charge in [-0.15, -0.1) is 0 Å². The molecule has 0 spiro atoms. The lowest BCUT2D eigenvalue weighted by atomic mass is 10.5. The lowest BCUT2D eigenvalue weighted by Gasteiger charge is -1.94. The van der Waals surface area contributed by atoms with Gasteiger partial charge in [0.15, 0.2) is 12.1 Å². The molecule has 0 radical (unpaired) electrons. The molecule has 0 saturated heterocycles. The minimum Gasteiger partial charge on any atom is -0.473 e. The summed E-state index contributed by atoms with van der Waals surface area (Å²) in [6, 6.07) is 1.76. The second kappa shape index (κ2) is 3.59. The van der Waals surface area contributed by atoms with E-state index in [1.165, 1.54) is 23.1 Å². The molecule has 0 atom stereocenters. The van der Waals surface area contributed by atoms with Crippen LogP contribution in [0.1, 0.15) is 9.67 Å². The molecular formula is C8H7N3O2S. The zero-order valence-electron chi connectivity index (χ0n) is 7.38. The highest BCUT2D eigenvalue weighted by molar-refractivity contribution is 7.15. The highest BCUT2D eigenvalue weighted by Gasteiger charge is 2.12. The van der Waals surface area contributed by atoms with Crippen molar-refractivity contribution in [2.75, 3.05) is 7.11 Å². The van der Waals surface area contributed by atoms with Gasteiger partial charge in [0, 0.05) is 12.4 Å². The Balaban J connectivity index is 2.51. The summed E-state index contributed by atoms with van der Waals surface area (Å²) in [5, 5.41) is 4.45. The number of nitrogens with zero attached hydrogens (tertiary/aromatic N) is 3. The van der Waals surface area contributed by atoms with Crippen LogP contribution in [0.5, 0.6) is 5.19 Å². The molecule has 0 aromatic carbocycles. The largest absolute Gasteiger partial charge is 0.473 e. The number of carbonyl (C=O) groups excluding carboxylic acids is 1. The molecule has 0 unspecified atom stereocenters. The van der Waals surface area contributed by atoms with Gasteiger partial charge in [-0.2, -0.15) is 10.1 Å². The fraction of sp³-hybridized carbons (Fsp3) is 0.125. The van der Waals surface area contributed by atoms with E-state index in [9.17, 15) is 4.79 Å². The first-order valence-corrected chi connectivity index (χ1v) is 4.67. The number of methoxy groups -OCH3 is 1. The molecule has 2 aromatic heterocycles. The number of aldehydes is 1. The minimum atomic E-state index is 0.456. The summed E-state index contributed by atoms with van der Waals surface area (Å²) in [7, 11) is 1.51. The molecule has 2 aromatic rings. The van der Waals surface area contributed by atoms with Crippen LogP contribution in [0.3, 0.4) is 0 Å². The van der Waals surface area contributed by atoms with Crippen molar-refractivity contribution >= 4 is 17.6 Å². The van der Waals surface area contributed by atoms with Crippen molar-refractivity contribution in [3.63, 3.8) is 0 Å². The Morgan fingerprint density at radius 3 is 3.07 bits per heavy atom. The van der Waals surface area contributed by atoms with E-state index in [2.05, 4.69) is 10.1 Å². The molecule has 6 heteroatoms. The summed E-state index contributed by atoms with van der Waals surface area (Å²) in [5.74, 6) is 0.506. The van der Waals surface area contributed by atoms with Gasteiger partial charge in [-0.3, -0.25) is 4.79 Å². The molecule has 72 valence electrons. The Hall–Kier alpha value is -1.69. The third-order valence-electron chi connectivity index (χ3n) is 1.62. The lowest BCUT2D eigenvalue weighted by Crippen LogP contribution is -1.97. The Morgan fingerprint density at radius 2 is 2.50 bits per heavy atom. The van der Waals surface area contributed by atoms with E-state index in [-0.39, 0.29) is 0 Å². The number of rotatable bonds is 3. The van der Waals surface area contributed by atoms with Crippen LogP contribution >= 0.6 is 11.3 Å². The molecule has 2 heterocycles. The van der Waals surface area contributed by atoms with Gasteiger partial charge in [0.2, 0.25) is 0 Å². The fourth-order valence-electron chi connectivity index (χ4n) is 1.03. The molecule has 14 heavy (non-hydrogen) atoms. The molecule has 0 aliphatic rings. The third-order valence-corrected chi connectivity index (χ3v) is 2.55. The Bertz CT molecular complexity index is 435. The smallest absolute Gasteiger partial charge is 0.275 e. The molecule has 0 bridgehead atoms. The molecule has 0 saturated carbocycles. The van der Waals surface area contributed by atoms with Gasteiger partial charge < -0.3 is 4.74 Å². The van der Waals surface area contributed by atoms with Crippen molar-refractivity contribution < 1.29 is 9.53 Å². The summed E-state index contributed by atoms with van der Waals surface area (Å²) in [6.45, 7) is 0. The Kier molecular flexibility index (Phi) is 2.28. The first kappa shape index (κ1) is 8.89. The van der Waals surface area contributed by atoms with Crippen molar-refractivity contribution in [1.29, 1.82) is 0 Å². The molecule has 0 N–H and O–H groups in total. The van der Waals surface area contributed by atoms with Crippen molar-refractivity contribution in [3.8, 4) is 11.0 Å². The summed E-state index contributed by atoms with van der Waals surface area (Å²) in [6.07, 6.45) is 4.10. The number of carbonyl (C=O) groups is 1. The maximum atomic E-state index is 10.7. The molecule has 2 rings (SSSR count). The lowest BCUT2D eigenvalue weighted by molar-refractivity contribution is 0.112. The SMILES string of the molecule is COc1nc(-n2cccn2)c(C=O)s1. The van der Waals surface area contributed by atoms with E-state index < -0.39 is 0 Å². The highest BCUT2D eigenvalue weighted by atomic mass is 32.1. The minimum absolute atomic E-state index is 0.456. The standard InChI is InChI=1S/C8H7N3O2S/c1-13-8-10-7(6(5-12)14-8)11-4-2-3-9-11/h2-5H,1H3. The second-order valence-corrected chi connectivity index (χ2v) is 3.43. The normalized spacial score (nSPS) is 10.1. The van der Waals surface area contributed by atoms with Crippen molar-refractivity contribution in [2.45, 2.75) is 0 Å². The highest BCUT2D eigenvalue weighted by Crippen LogP contribution is 2.25. The number of hydrogen-bond acceptors (Lipinski definition) is 5.